The second kappa shape index (κ2) is 5.44. The van der Waals surface area contributed by atoms with E-state index < -0.39 is 17.7 Å². The Hall–Kier alpha value is -1.36. The van der Waals surface area contributed by atoms with Gasteiger partial charge >= 0.3 is 11.9 Å². The van der Waals surface area contributed by atoms with Crippen LogP contribution in [0.1, 0.15) is 40.5 Å². The maximum Gasteiger partial charge on any atom is 0.330 e. The highest BCUT2D eigenvalue weighted by molar-refractivity contribution is 5.85. The first-order valence-corrected chi connectivity index (χ1v) is 7.43. The van der Waals surface area contributed by atoms with Gasteiger partial charge in [-0.05, 0) is 52.4 Å². The Kier molecular flexibility index (Phi) is 4.15. The summed E-state index contributed by atoms with van der Waals surface area (Å²) in [6.07, 6.45) is 2.45. The predicted molar refractivity (Wildman–Crippen MR) is 76.4 cm³/mol. The van der Waals surface area contributed by atoms with Crippen LogP contribution in [0, 0.1) is 23.7 Å². The second-order valence-electron chi connectivity index (χ2n) is 7.26. The van der Waals surface area contributed by atoms with Crippen LogP contribution in [-0.4, -0.2) is 33.9 Å². The van der Waals surface area contributed by atoms with E-state index in [9.17, 15) is 14.7 Å². The van der Waals surface area contributed by atoms with Gasteiger partial charge in [0.1, 0.15) is 5.60 Å². The van der Waals surface area contributed by atoms with Gasteiger partial charge in [0.2, 0.25) is 0 Å². The van der Waals surface area contributed by atoms with E-state index >= 15 is 0 Å². The lowest BCUT2D eigenvalue weighted by atomic mass is 9.78. The minimum Gasteiger partial charge on any atom is -0.478 e. The number of fused-ring (bicyclic) bond motifs is 2. The number of hydrogen-bond donors (Lipinski definition) is 2. The van der Waals surface area contributed by atoms with Crippen molar-refractivity contribution in [1.82, 2.24) is 0 Å². The predicted octanol–water partition coefficient (Wildman–Crippen LogP) is 1.99. The molecule has 2 rings (SSSR count). The van der Waals surface area contributed by atoms with E-state index in [4.69, 9.17) is 9.84 Å². The van der Waals surface area contributed by atoms with Crippen LogP contribution in [0.15, 0.2) is 11.6 Å². The van der Waals surface area contributed by atoms with Crippen molar-refractivity contribution in [3.63, 3.8) is 0 Å². The number of hydrogen-bond acceptors (Lipinski definition) is 4. The first kappa shape index (κ1) is 16.0. The third kappa shape index (κ3) is 3.28. The van der Waals surface area contributed by atoms with E-state index in [2.05, 4.69) is 0 Å². The van der Waals surface area contributed by atoms with Gasteiger partial charge in [-0.3, -0.25) is 4.79 Å². The second-order valence-corrected chi connectivity index (χ2v) is 7.26. The molecule has 0 aromatic carbocycles. The normalized spacial score (nSPS) is 35.9. The van der Waals surface area contributed by atoms with Crippen LogP contribution in [0.2, 0.25) is 0 Å². The zero-order chi connectivity index (χ0) is 15.9. The molecule has 0 aromatic heterocycles. The summed E-state index contributed by atoms with van der Waals surface area (Å²) in [6, 6.07) is 0. The summed E-state index contributed by atoms with van der Waals surface area (Å²) < 4.78 is 5.45. The minimum absolute atomic E-state index is 0.0193. The Morgan fingerprint density at radius 1 is 1.24 bits per heavy atom. The Morgan fingerprint density at radius 3 is 2.33 bits per heavy atom. The first-order chi connectivity index (χ1) is 9.60. The van der Waals surface area contributed by atoms with Gasteiger partial charge in [-0.25, -0.2) is 4.79 Å². The van der Waals surface area contributed by atoms with Gasteiger partial charge < -0.3 is 14.9 Å². The molecule has 2 aliphatic carbocycles. The molecule has 2 aliphatic rings. The van der Waals surface area contributed by atoms with E-state index in [1.54, 1.807) is 6.08 Å². The third-order valence-corrected chi connectivity index (χ3v) is 4.51. The van der Waals surface area contributed by atoms with Crippen LogP contribution >= 0.6 is 0 Å². The average molecular weight is 296 g/mol. The summed E-state index contributed by atoms with van der Waals surface area (Å²) in [5.74, 6) is -1.67. The van der Waals surface area contributed by atoms with Gasteiger partial charge in [0.15, 0.2) is 0 Å². The topological polar surface area (TPSA) is 83.8 Å². The number of carbonyl (C=O) groups excluding carboxylic acids is 1. The van der Waals surface area contributed by atoms with Crippen molar-refractivity contribution < 1.29 is 24.5 Å². The lowest BCUT2D eigenvalue weighted by Gasteiger charge is -2.32. The number of rotatable bonds is 3. The van der Waals surface area contributed by atoms with E-state index in [0.29, 0.717) is 6.42 Å². The Labute approximate surface area is 125 Å². The molecule has 0 heterocycles. The van der Waals surface area contributed by atoms with Crippen LogP contribution in [0.4, 0.5) is 0 Å². The number of aliphatic hydroxyl groups is 1. The smallest absolute Gasteiger partial charge is 0.330 e. The highest BCUT2D eigenvalue weighted by Gasteiger charge is 2.54. The third-order valence-electron chi connectivity index (χ3n) is 4.51. The standard InChI is InChI=1S/C16H24O5/c1-8(14(18)19)5-11-10-6-9(13(11)17)7-12(10)15(20)21-16(2,3)4/h5,9-13,17H,6-7H2,1-4H3,(H,18,19). The minimum atomic E-state index is -0.987. The maximum atomic E-state index is 12.3. The van der Waals surface area contributed by atoms with Gasteiger partial charge in [0, 0.05) is 11.5 Å². The van der Waals surface area contributed by atoms with Gasteiger partial charge in [0.05, 0.1) is 12.0 Å². The quantitative estimate of drug-likeness (QED) is 0.614. The van der Waals surface area contributed by atoms with Gasteiger partial charge in [-0.15, -0.1) is 0 Å². The number of carboxylic acid groups (broad SMARTS) is 1. The zero-order valence-corrected chi connectivity index (χ0v) is 13.0. The molecule has 5 unspecified atom stereocenters. The molecule has 5 heteroatoms. The largest absolute Gasteiger partial charge is 0.478 e. The number of aliphatic hydroxyl groups excluding tert-OH is 1. The molecule has 5 nitrogen and oxygen atoms in total. The number of carboxylic acids is 1. The summed E-state index contributed by atoms with van der Waals surface area (Å²) in [5.41, 5.74) is -0.311. The molecule has 2 bridgehead atoms. The van der Waals surface area contributed by atoms with Crippen LogP contribution in [0.25, 0.3) is 0 Å². The summed E-state index contributed by atoms with van der Waals surface area (Å²) in [7, 11) is 0. The number of ether oxygens (including phenoxy) is 1. The molecule has 0 aliphatic heterocycles. The first-order valence-electron chi connectivity index (χ1n) is 7.43. The van der Waals surface area contributed by atoms with Crippen molar-refractivity contribution in [3.8, 4) is 0 Å². The van der Waals surface area contributed by atoms with Crippen molar-refractivity contribution in [2.75, 3.05) is 0 Å². The van der Waals surface area contributed by atoms with E-state index in [0.717, 1.165) is 6.42 Å². The molecule has 0 aromatic rings. The molecule has 0 spiro atoms. The summed E-state index contributed by atoms with van der Waals surface area (Å²) in [5, 5.41) is 19.2. The van der Waals surface area contributed by atoms with E-state index in [1.807, 2.05) is 20.8 Å². The molecular formula is C16H24O5. The Bertz CT molecular complexity index is 474. The highest BCUT2D eigenvalue weighted by Crippen LogP contribution is 2.53. The molecule has 2 fully saturated rings. The summed E-state index contributed by atoms with van der Waals surface area (Å²) >= 11 is 0. The summed E-state index contributed by atoms with van der Waals surface area (Å²) in [4.78, 5) is 23.2. The molecule has 0 saturated heterocycles. The van der Waals surface area contributed by atoms with Crippen LogP contribution < -0.4 is 0 Å². The average Bonchev–Trinajstić information content (AvgIpc) is 2.87. The Morgan fingerprint density at radius 2 is 1.86 bits per heavy atom. The molecule has 0 amide bonds. The lowest BCUT2D eigenvalue weighted by Crippen LogP contribution is -2.38. The van der Waals surface area contributed by atoms with Crippen molar-refractivity contribution in [3.05, 3.63) is 11.6 Å². The number of esters is 1. The van der Waals surface area contributed by atoms with E-state index in [-0.39, 0.29) is 35.2 Å². The van der Waals surface area contributed by atoms with Gasteiger partial charge in [0.25, 0.3) is 0 Å². The van der Waals surface area contributed by atoms with Crippen molar-refractivity contribution in [2.45, 2.75) is 52.2 Å². The molecule has 21 heavy (non-hydrogen) atoms. The molecule has 5 atom stereocenters. The molecule has 118 valence electrons. The fourth-order valence-electron chi connectivity index (χ4n) is 3.61. The van der Waals surface area contributed by atoms with E-state index in [1.165, 1.54) is 6.92 Å². The lowest BCUT2D eigenvalue weighted by molar-refractivity contribution is -0.163. The van der Waals surface area contributed by atoms with Crippen molar-refractivity contribution in [2.24, 2.45) is 23.7 Å². The van der Waals surface area contributed by atoms with Crippen molar-refractivity contribution in [1.29, 1.82) is 0 Å². The summed E-state index contributed by atoms with van der Waals surface area (Å²) in [6.45, 7) is 7.01. The fraction of sp³-hybridized carbons (Fsp3) is 0.750. The SMILES string of the molecule is CC(=CC1C(O)C2CC(C(=O)OC(C)(C)C)C1C2)C(=O)O. The monoisotopic (exact) mass is 296 g/mol. The Balaban J connectivity index is 2.14. The van der Waals surface area contributed by atoms with Crippen molar-refractivity contribution >= 4 is 11.9 Å². The van der Waals surface area contributed by atoms with Gasteiger partial charge in [-0.2, -0.15) is 0 Å². The number of carbonyl (C=O) groups is 2. The zero-order valence-electron chi connectivity index (χ0n) is 13.0. The molecule has 2 saturated carbocycles. The van der Waals surface area contributed by atoms with Crippen LogP contribution in [-0.2, 0) is 14.3 Å². The van der Waals surface area contributed by atoms with Crippen LogP contribution in [0.5, 0.6) is 0 Å². The maximum absolute atomic E-state index is 12.3. The molecule has 0 radical (unpaired) electrons. The van der Waals surface area contributed by atoms with Gasteiger partial charge in [-0.1, -0.05) is 6.08 Å². The molecular weight excluding hydrogens is 272 g/mol. The number of aliphatic carboxylic acids is 1. The van der Waals surface area contributed by atoms with Crippen LogP contribution in [0.3, 0.4) is 0 Å². The fourth-order valence-corrected chi connectivity index (χ4v) is 3.61. The molecule has 2 N–H and O–H groups in total. The highest BCUT2D eigenvalue weighted by atomic mass is 16.6.